The summed E-state index contributed by atoms with van der Waals surface area (Å²) in [4.78, 5) is 12.3. The number of anilines is 1. The third-order valence-electron chi connectivity index (χ3n) is 3.16. The van der Waals surface area contributed by atoms with Crippen molar-refractivity contribution in [2.75, 3.05) is 5.73 Å². The third kappa shape index (κ3) is 3.02. The summed E-state index contributed by atoms with van der Waals surface area (Å²) in [6, 6.07) is 14.9. The Morgan fingerprint density at radius 1 is 0.947 bits per heavy atom. The van der Waals surface area contributed by atoms with Gasteiger partial charge in [0.15, 0.2) is 5.78 Å². The van der Waals surface area contributed by atoms with Gasteiger partial charge in [-0.15, -0.1) is 0 Å². The minimum atomic E-state index is 0.00718. The number of carbonyl (C=O) groups is 1. The molecule has 0 aromatic heterocycles. The van der Waals surface area contributed by atoms with Crippen molar-refractivity contribution in [1.82, 2.24) is 0 Å². The van der Waals surface area contributed by atoms with Gasteiger partial charge in [-0.25, -0.2) is 0 Å². The lowest BCUT2D eigenvalue weighted by Gasteiger charge is -2.19. The molecular formula is C17H19NO. The van der Waals surface area contributed by atoms with E-state index in [2.05, 4.69) is 20.8 Å². The van der Waals surface area contributed by atoms with Crippen molar-refractivity contribution in [2.45, 2.75) is 26.2 Å². The Bertz CT molecular complexity index is 591. The van der Waals surface area contributed by atoms with Gasteiger partial charge in [0.1, 0.15) is 0 Å². The molecule has 0 bridgehead atoms. The van der Waals surface area contributed by atoms with Crippen LogP contribution < -0.4 is 5.73 Å². The number of hydrogen-bond donors (Lipinski definition) is 1. The van der Waals surface area contributed by atoms with Gasteiger partial charge in [0.25, 0.3) is 0 Å². The summed E-state index contributed by atoms with van der Waals surface area (Å²) < 4.78 is 0. The molecular weight excluding hydrogens is 234 g/mol. The van der Waals surface area contributed by atoms with E-state index in [0.717, 1.165) is 0 Å². The van der Waals surface area contributed by atoms with Crippen molar-refractivity contribution in [3.8, 4) is 0 Å². The van der Waals surface area contributed by atoms with Crippen LogP contribution in [0.5, 0.6) is 0 Å². The van der Waals surface area contributed by atoms with Crippen LogP contribution in [0.25, 0.3) is 0 Å². The SMILES string of the molecule is CC(C)(C)c1ccc(C(=O)c2cccc(N)c2)cc1. The van der Waals surface area contributed by atoms with E-state index < -0.39 is 0 Å². The average Bonchev–Trinajstić information content (AvgIpc) is 2.37. The highest BCUT2D eigenvalue weighted by molar-refractivity contribution is 6.09. The lowest BCUT2D eigenvalue weighted by atomic mass is 9.86. The second-order valence-electron chi connectivity index (χ2n) is 5.78. The zero-order valence-electron chi connectivity index (χ0n) is 11.6. The van der Waals surface area contributed by atoms with Gasteiger partial charge in [0.2, 0.25) is 0 Å². The number of benzene rings is 2. The number of rotatable bonds is 2. The van der Waals surface area contributed by atoms with E-state index in [0.29, 0.717) is 16.8 Å². The molecule has 0 aliphatic heterocycles. The molecule has 2 nitrogen and oxygen atoms in total. The van der Waals surface area contributed by atoms with E-state index in [1.165, 1.54) is 5.56 Å². The van der Waals surface area contributed by atoms with E-state index in [-0.39, 0.29) is 11.2 Å². The first-order valence-electron chi connectivity index (χ1n) is 6.39. The first-order chi connectivity index (χ1) is 8.88. The molecule has 0 saturated carbocycles. The maximum Gasteiger partial charge on any atom is 0.193 e. The molecule has 2 rings (SSSR count). The number of nitrogens with two attached hydrogens (primary N) is 1. The van der Waals surface area contributed by atoms with E-state index in [1.807, 2.05) is 24.3 Å². The molecule has 0 spiro atoms. The molecule has 0 atom stereocenters. The summed E-state index contributed by atoms with van der Waals surface area (Å²) in [5, 5.41) is 0. The number of hydrogen-bond acceptors (Lipinski definition) is 2. The number of ketones is 1. The van der Waals surface area contributed by atoms with Crippen molar-refractivity contribution in [3.05, 3.63) is 65.2 Å². The topological polar surface area (TPSA) is 43.1 Å². The number of nitrogen functional groups attached to an aromatic ring is 1. The Kier molecular flexibility index (Phi) is 3.43. The van der Waals surface area contributed by atoms with Crippen molar-refractivity contribution in [3.63, 3.8) is 0 Å². The van der Waals surface area contributed by atoms with E-state index in [4.69, 9.17) is 5.73 Å². The summed E-state index contributed by atoms with van der Waals surface area (Å²) in [7, 11) is 0. The molecule has 0 saturated heterocycles. The van der Waals surface area contributed by atoms with E-state index in [9.17, 15) is 4.79 Å². The zero-order chi connectivity index (χ0) is 14.0. The van der Waals surface area contributed by atoms with Crippen LogP contribution in [0.15, 0.2) is 48.5 Å². The van der Waals surface area contributed by atoms with Crippen LogP contribution in [0, 0.1) is 0 Å². The summed E-state index contributed by atoms with van der Waals surface area (Å²) in [6.45, 7) is 6.46. The van der Waals surface area contributed by atoms with Crippen LogP contribution in [0.1, 0.15) is 42.3 Å². The molecule has 0 heterocycles. The van der Waals surface area contributed by atoms with Crippen molar-refractivity contribution < 1.29 is 4.79 Å². The fourth-order valence-corrected chi connectivity index (χ4v) is 1.97. The first kappa shape index (κ1) is 13.3. The Morgan fingerprint density at radius 2 is 1.58 bits per heavy atom. The molecule has 0 aliphatic rings. The second kappa shape index (κ2) is 4.88. The largest absolute Gasteiger partial charge is 0.399 e. The molecule has 2 aromatic carbocycles. The highest BCUT2D eigenvalue weighted by atomic mass is 16.1. The van der Waals surface area contributed by atoms with Gasteiger partial charge >= 0.3 is 0 Å². The molecule has 0 aliphatic carbocycles. The lowest BCUT2D eigenvalue weighted by molar-refractivity contribution is 0.103. The predicted molar refractivity (Wildman–Crippen MR) is 79.4 cm³/mol. The maximum atomic E-state index is 12.3. The highest BCUT2D eigenvalue weighted by Gasteiger charge is 2.15. The van der Waals surface area contributed by atoms with E-state index >= 15 is 0 Å². The molecule has 0 radical (unpaired) electrons. The third-order valence-corrected chi connectivity index (χ3v) is 3.16. The smallest absolute Gasteiger partial charge is 0.193 e. The van der Waals surface area contributed by atoms with Crippen LogP contribution in [-0.4, -0.2) is 5.78 Å². The standard InChI is InChI=1S/C17H19NO/c1-17(2,3)14-9-7-12(8-10-14)16(19)13-5-4-6-15(18)11-13/h4-11H,18H2,1-3H3. The molecule has 2 N–H and O–H groups in total. The molecule has 98 valence electrons. The van der Waals surface area contributed by atoms with Crippen LogP contribution in [0.2, 0.25) is 0 Å². The van der Waals surface area contributed by atoms with E-state index in [1.54, 1.807) is 24.3 Å². The summed E-state index contributed by atoms with van der Waals surface area (Å²) in [5.41, 5.74) is 8.95. The zero-order valence-corrected chi connectivity index (χ0v) is 11.6. The fourth-order valence-electron chi connectivity index (χ4n) is 1.97. The Labute approximate surface area is 114 Å². The van der Waals surface area contributed by atoms with Gasteiger partial charge in [-0.05, 0) is 23.1 Å². The Hall–Kier alpha value is -2.09. The molecule has 19 heavy (non-hydrogen) atoms. The van der Waals surface area contributed by atoms with Crippen molar-refractivity contribution in [2.24, 2.45) is 0 Å². The van der Waals surface area contributed by atoms with Crippen LogP contribution in [0.3, 0.4) is 0 Å². The lowest BCUT2D eigenvalue weighted by Crippen LogP contribution is -2.11. The minimum Gasteiger partial charge on any atom is -0.399 e. The van der Waals surface area contributed by atoms with Gasteiger partial charge in [0.05, 0.1) is 0 Å². The van der Waals surface area contributed by atoms with Gasteiger partial charge in [-0.3, -0.25) is 4.79 Å². The Balaban J connectivity index is 2.30. The van der Waals surface area contributed by atoms with Crippen LogP contribution in [0.4, 0.5) is 5.69 Å². The Morgan fingerprint density at radius 3 is 2.11 bits per heavy atom. The molecule has 2 aromatic rings. The second-order valence-corrected chi connectivity index (χ2v) is 5.78. The number of carbonyl (C=O) groups excluding carboxylic acids is 1. The van der Waals surface area contributed by atoms with Crippen LogP contribution >= 0.6 is 0 Å². The summed E-state index contributed by atoms with van der Waals surface area (Å²) in [5.74, 6) is 0.00718. The van der Waals surface area contributed by atoms with Gasteiger partial charge in [-0.2, -0.15) is 0 Å². The van der Waals surface area contributed by atoms with Crippen LogP contribution in [-0.2, 0) is 5.41 Å². The van der Waals surface area contributed by atoms with Gasteiger partial charge in [-0.1, -0.05) is 57.2 Å². The van der Waals surface area contributed by atoms with Crippen molar-refractivity contribution >= 4 is 11.5 Å². The maximum absolute atomic E-state index is 12.3. The monoisotopic (exact) mass is 253 g/mol. The van der Waals surface area contributed by atoms with Gasteiger partial charge in [0, 0.05) is 16.8 Å². The fraction of sp³-hybridized carbons (Fsp3) is 0.235. The van der Waals surface area contributed by atoms with Gasteiger partial charge < -0.3 is 5.73 Å². The molecule has 0 amide bonds. The van der Waals surface area contributed by atoms with Crippen molar-refractivity contribution in [1.29, 1.82) is 0 Å². The summed E-state index contributed by atoms with van der Waals surface area (Å²) in [6.07, 6.45) is 0. The molecule has 0 unspecified atom stereocenters. The highest BCUT2D eigenvalue weighted by Crippen LogP contribution is 2.23. The first-order valence-corrected chi connectivity index (χ1v) is 6.39. The summed E-state index contributed by atoms with van der Waals surface area (Å²) >= 11 is 0. The predicted octanol–water partition coefficient (Wildman–Crippen LogP) is 3.80. The minimum absolute atomic E-state index is 0.00718. The molecule has 0 fully saturated rings. The molecule has 2 heteroatoms. The quantitative estimate of drug-likeness (QED) is 0.653. The average molecular weight is 253 g/mol. The normalized spacial score (nSPS) is 11.3.